The molecule has 1 fully saturated rings. The zero-order valence-electron chi connectivity index (χ0n) is 26.7. The average Bonchev–Trinajstić information content (AvgIpc) is 3.01. The summed E-state index contributed by atoms with van der Waals surface area (Å²) in [6.07, 6.45) is 2.38. The number of anilines is 1. The van der Waals surface area contributed by atoms with E-state index in [2.05, 4.69) is 21.3 Å². The van der Waals surface area contributed by atoms with Crippen molar-refractivity contribution in [1.82, 2.24) is 10.3 Å². The summed E-state index contributed by atoms with van der Waals surface area (Å²) in [6, 6.07) is 16.3. The van der Waals surface area contributed by atoms with Gasteiger partial charge in [-0.05, 0) is 75.1 Å². The summed E-state index contributed by atoms with van der Waals surface area (Å²) in [4.78, 5) is 30.5. The van der Waals surface area contributed by atoms with Crippen LogP contribution in [0.5, 0.6) is 5.75 Å². The number of carbonyl (C=O) groups is 2. The molecule has 1 saturated heterocycles. The molecule has 9 nitrogen and oxygen atoms in total. The molecule has 5 rings (SSSR count). The summed E-state index contributed by atoms with van der Waals surface area (Å²) in [5.41, 5.74) is 3.35. The Kier molecular flexibility index (Phi) is 9.89. The molecule has 11 heteroatoms. The summed E-state index contributed by atoms with van der Waals surface area (Å²) < 4.78 is 45.3. The second-order valence-electron chi connectivity index (χ2n) is 12.3. The van der Waals surface area contributed by atoms with Crippen LogP contribution in [0.1, 0.15) is 46.1 Å². The van der Waals surface area contributed by atoms with Crippen LogP contribution in [0.2, 0.25) is 0 Å². The van der Waals surface area contributed by atoms with E-state index in [1.807, 2.05) is 45.0 Å². The third kappa shape index (κ3) is 8.14. The minimum atomic E-state index is -0.705. The summed E-state index contributed by atoms with van der Waals surface area (Å²) in [5, 5.41) is 13.5. The number of hydrogen-bond acceptors (Lipinski definition) is 8. The standard InChI is InChI=1S/C36H36F2N4O5/c1-22(43)45-14-15-46-34-24(20-39)6-5-7-29(34)23-8-9-32-30(18-23)33(31(21-40-32)25-16-26(37)19-27(38)17-25)42-12-10-28(11-13-42)41-35(44)47-36(2,3)4/h5-9,16-19,21,28H,10-15H2,1-4H3,(H,41,44). The first-order chi connectivity index (χ1) is 22.4. The number of nitrogens with zero attached hydrogens (tertiary/aromatic N) is 3. The lowest BCUT2D eigenvalue weighted by atomic mass is 9.95. The Bertz CT molecular complexity index is 1820. The lowest BCUT2D eigenvalue weighted by molar-refractivity contribution is -0.141. The number of alkyl carbamates (subject to hydrolysis) is 1. The average molecular weight is 643 g/mol. The number of amides is 1. The van der Waals surface area contributed by atoms with Gasteiger partial charge in [-0.3, -0.25) is 9.78 Å². The Hall–Kier alpha value is -5.24. The van der Waals surface area contributed by atoms with E-state index in [-0.39, 0.29) is 19.3 Å². The van der Waals surface area contributed by atoms with Gasteiger partial charge in [-0.2, -0.15) is 5.26 Å². The van der Waals surface area contributed by atoms with Gasteiger partial charge in [0.1, 0.15) is 42.3 Å². The number of para-hydroxylation sites is 1. The number of nitriles is 1. The maximum atomic E-state index is 14.5. The first-order valence-corrected chi connectivity index (χ1v) is 15.3. The van der Waals surface area contributed by atoms with Crippen molar-refractivity contribution < 1.29 is 32.6 Å². The predicted molar refractivity (Wildman–Crippen MR) is 174 cm³/mol. The zero-order valence-corrected chi connectivity index (χ0v) is 26.7. The topological polar surface area (TPSA) is 114 Å². The van der Waals surface area contributed by atoms with Crippen molar-refractivity contribution in [3.8, 4) is 34.1 Å². The number of fused-ring (bicyclic) bond motifs is 1. The smallest absolute Gasteiger partial charge is 0.407 e. The number of hydrogen-bond donors (Lipinski definition) is 1. The molecule has 0 spiro atoms. The van der Waals surface area contributed by atoms with E-state index in [0.717, 1.165) is 22.7 Å². The summed E-state index contributed by atoms with van der Waals surface area (Å²) in [6.45, 7) is 7.89. The second kappa shape index (κ2) is 14.0. The number of piperidine rings is 1. The monoisotopic (exact) mass is 642 g/mol. The molecule has 47 heavy (non-hydrogen) atoms. The maximum absolute atomic E-state index is 14.5. The number of nitrogens with one attached hydrogen (secondary N) is 1. The minimum Gasteiger partial charge on any atom is -0.488 e. The van der Waals surface area contributed by atoms with Gasteiger partial charge in [0.2, 0.25) is 0 Å². The van der Waals surface area contributed by atoms with E-state index in [1.165, 1.54) is 19.1 Å². The van der Waals surface area contributed by atoms with Crippen molar-refractivity contribution in [2.24, 2.45) is 0 Å². The quantitative estimate of drug-likeness (QED) is 0.159. The third-order valence-electron chi connectivity index (χ3n) is 7.63. The van der Waals surface area contributed by atoms with Gasteiger partial charge in [-0.25, -0.2) is 13.6 Å². The van der Waals surface area contributed by atoms with E-state index in [1.54, 1.807) is 18.3 Å². The van der Waals surface area contributed by atoms with Crippen LogP contribution < -0.4 is 15.0 Å². The molecule has 0 bridgehead atoms. The number of pyridine rings is 1. The van der Waals surface area contributed by atoms with Crippen molar-refractivity contribution in [1.29, 1.82) is 5.26 Å². The largest absolute Gasteiger partial charge is 0.488 e. The number of halogens is 2. The van der Waals surface area contributed by atoms with Crippen LogP contribution in [0.4, 0.5) is 19.3 Å². The van der Waals surface area contributed by atoms with Gasteiger partial charge in [-0.1, -0.05) is 18.2 Å². The number of benzene rings is 3. The van der Waals surface area contributed by atoms with Gasteiger partial charge in [0.25, 0.3) is 0 Å². The molecule has 1 N–H and O–H groups in total. The number of esters is 1. The SMILES string of the molecule is CC(=O)OCCOc1c(C#N)cccc1-c1ccc2ncc(-c3cc(F)cc(F)c3)c(N3CCC(NC(=O)OC(C)(C)C)CC3)c2c1. The Labute approximate surface area is 272 Å². The fourth-order valence-electron chi connectivity index (χ4n) is 5.67. The van der Waals surface area contributed by atoms with Gasteiger partial charge in [0.15, 0.2) is 0 Å². The van der Waals surface area contributed by atoms with Crippen LogP contribution in [0.3, 0.4) is 0 Å². The molecule has 4 aromatic rings. The van der Waals surface area contributed by atoms with Gasteiger partial charge in [0, 0.05) is 54.8 Å². The number of rotatable bonds is 8. The first-order valence-electron chi connectivity index (χ1n) is 15.3. The second-order valence-corrected chi connectivity index (χ2v) is 12.3. The highest BCUT2D eigenvalue weighted by Crippen LogP contribution is 2.41. The molecule has 1 aromatic heterocycles. The Balaban J connectivity index is 1.56. The van der Waals surface area contributed by atoms with E-state index in [0.29, 0.717) is 59.5 Å². The van der Waals surface area contributed by atoms with Gasteiger partial charge in [0.05, 0.1) is 16.8 Å². The summed E-state index contributed by atoms with van der Waals surface area (Å²) in [7, 11) is 0. The van der Waals surface area contributed by atoms with Gasteiger partial charge in [-0.15, -0.1) is 0 Å². The van der Waals surface area contributed by atoms with Crippen molar-refractivity contribution in [2.75, 3.05) is 31.2 Å². The molecule has 0 saturated carbocycles. The first kappa shape index (κ1) is 33.1. The Morgan fingerprint density at radius 3 is 2.38 bits per heavy atom. The summed E-state index contributed by atoms with van der Waals surface area (Å²) >= 11 is 0. The van der Waals surface area contributed by atoms with Crippen molar-refractivity contribution >= 4 is 28.7 Å². The molecule has 0 unspecified atom stereocenters. The normalized spacial score (nSPS) is 13.6. The fourth-order valence-corrected chi connectivity index (χ4v) is 5.67. The van der Waals surface area contributed by atoms with Crippen molar-refractivity contribution in [3.05, 3.63) is 78.0 Å². The highest BCUT2D eigenvalue weighted by atomic mass is 19.1. The highest BCUT2D eigenvalue weighted by Gasteiger charge is 2.27. The molecule has 1 aliphatic heterocycles. The van der Waals surface area contributed by atoms with Crippen LogP contribution in [0.25, 0.3) is 33.2 Å². The van der Waals surface area contributed by atoms with E-state index in [4.69, 9.17) is 14.2 Å². The van der Waals surface area contributed by atoms with Crippen LogP contribution in [0, 0.1) is 23.0 Å². The predicted octanol–water partition coefficient (Wildman–Crippen LogP) is 7.15. The fraction of sp³-hybridized carbons (Fsp3) is 0.333. The number of carbonyl (C=O) groups excluding carboxylic acids is 2. The van der Waals surface area contributed by atoms with E-state index < -0.39 is 29.3 Å². The minimum absolute atomic E-state index is 0.0205. The zero-order chi connectivity index (χ0) is 33.7. The lowest BCUT2D eigenvalue weighted by Crippen LogP contribution is -2.46. The molecule has 1 aliphatic rings. The van der Waals surface area contributed by atoms with Crippen LogP contribution in [0.15, 0.2) is 60.8 Å². The molecule has 1 amide bonds. The van der Waals surface area contributed by atoms with E-state index in [9.17, 15) is 23.6 Å². The van der Waals surface area contributed by atoms with Crippen molar-refractivity contribution in [3.63, 3.8) is 0 Å². The lowest BCUT2D eigenvalue weighted by Gasteiger charge is -2.36. The molecule has 0 aliphatic carbocycles. The molecular formula is C36H36F2N4O5. The molecular weight excluding hydrogens is 606 g/mol. The van der Waals surface area contributed by atoms with Gasteiger partial charge >= 0.3 is 12.1 Å². The highest BCUT2D eigenvalue weighted by molar-refractivity contribution is 6.02. The Morgan fingerprint density at radius 1 is 1.00 bits per heavy atom. The van der Waals surface area contributed by atoms with E-state index >= 15 is 0 Å². The molecule has 0 atom stereocenters. The van der Waals surface area contributed by atoms with Crippen LogP contribution in [-0.2, 0) is 14.3 Å². The summed E-state index contributed by atoms with van der Waals surface area (Å²) in [5.74, 6) is -1.50. The number of ether oxygens (including phenoxy) is 3. The maximum Gasteiger partial charge on any atom is 0.407 e. The Morgan fingerprint density at radius 2 is 1.72 bits per heavy atom. The van der Waals surface area contributed by atoms with Crippen molar-refractivity contribution in [2.45, 2.75) is 52.2 Å². The third-order valence-corrected chi connectivity index (χ3v) is 7.63. The van der Waals surface area contributed by atoms with Gasteiger partial charge < -0.3 is 24.4 Å². The molecule has 244 valence electrons. The molecule has 3 aromatic carbocycles. The number of aromatic nitrogens is 1. The molecule has 2 heterocycles. The van der Waals surface area contributed by atoms with Crippen LogP contribution in [-0.4, -0.2) is 55.0 Å². The van der Waals surface area contributed by atoms with Crippen LogP contribution >= 0.6 is 0 Å². The molecule has 0 radical (unpaired) electrons.